The summed E-state index contributed by atoms with van der Waals surface area (Å²) in [6.45, 7) is 5.54. The van der Waals surface area contributed by atoms with Crippen LogP contribution in [0.25, 0.3) is 11.0 Å². The minimum absolute atomic E-state index is 0.0643. The number of halogens is 1. The second kappa shape index (κ2) is 10.2. The van der Waals surface area contributed by atoms with Crippen molar-refractivity contribution >= 4 is 28.6 Å². The zero-order valence-corrected chi connectivity index (χ0v) is 21.0. The number of benzene rings is 3. The molecule has 6 rings (SSSR count). The maximum atomic E-state index is 13.5. The molecule has 0 unspecified atom stereocenters. The van der Waals surface area contributed by atoms with E-state index in [-0.39, 0.29) is 11.7 Å². The summed E-state index contributed by atoms with van der Waals surface area (Å²) in [4.78, 5) is 25.0. The van der Waals surface area contributed by atoms with Gasteiger partial charge in [0.15, 0.2) is 0 Å². The lowest BCUT2D eigenvalue weighted by molar-refractivity contribution is -0.136. The third kappa shape index (κ3) is 4.90. The summed E-state index contributed by atoms with van der Waals surface area (Å²) < 4.78 is 15.7. The van der Waals surface area contributed by atoms with Crippen LogP contribution in [-0.4, -0.2) is 59.6 Å². The van der Waals surface area contributed by atoms with Gasteiger partial charge in [-0.25, -0.2) is 9.37 Å². The zero-order chi connectivity index (χ0) is 25.2. The van der Waals surface area contributed by atoms with Crippen LogP contribution in [0.15, 0.2) is 78.9 Å². The summed E-state index contributed by atoms with van der Waals surface area (Å²) in [5.41, 5.74) is 4.28. The first-order chi connectivity index (χ1) is 18.2. The minimum Gasteiger partial charge on any atom is -0.368 e. The average molecular weight is 498 g/mol. The van der Waals surface area contributed by atoms with Gasteiger partial charge in [-0.3, -0.25) is 4.79 Å². The Kier molecular flexibility index (Phi) is 6.51. The number of nitrogens with zero attached hydrogens (tertiary/aromatic N) is 5. The van der Waals surface area contributed by atoms with Gasteiger partial charge in [0.1, 0.15) is 5.82 Å². The number of fused-ring (bicyclic) bond motifs is 1. The number of amides is 1. The lowest BCUT2D eigenvalue weighted by atomic mass is 9.95. The number of aromatic nitrogens is 2. The highest BCUT2D eigenvalue weighted by Gasteiger charge is 2.32. The summed E-state index contributed by atoms with van der Waals surface area (Å²) in [6.07, 6.45) is 1.66. The smallest absolute Gasteiger partial charge is 0.225 e. The zero-order valence-electron chi connectivity index (χ0n) is 21.0. The van der Waals surface area contributed by atoms with E-state index in [1.54, 1.807) is 0 Å². The molecule has 3 aromatic carbocycles. The Balaban J connectivity index is 1.12. The first kappa shape index (κ1) is 23.5. The number of carbonyl (C=O) groups excluding carboxylic acids is 1. The van der Waals surface area contributed by atoms with E-state index in [2.05, 4.69) is 49.6 Å². The number of rotatable bonds is 5. The molecule has 1 amide bonds. The monoisotopic (exact) mass is 497 g/mol. The van der Waals surface area contributed by atoms with E-state index in [9.17, 15) is 9.18 Å². The number of para-hydroxylation sites is 3. The number of hydrogen-bond donors (Lipinski definition) is 0. The van der Waals surface area contributed by atoms with Gasteiger partial charge in [-0.2, -0.15) is 0 Å². The standard InChI is InChI=1S/C30H32FN5O/c31-25-12-10-23(11-13-25)22-36-28-9-5-4-8-27(28)32-30(36)35-16-14-24(15-17-35)29(37)34-20-18-33(19-21-34)26-6-2-1-3-7-26/h1-13,24H,14-22H2. The van der Waals surface area contributed by atoms with Crippen LogP contribution in [0.2, 0.25) is 0 Å². The van der Waals surface area contributed by atoms with Crippen molar-refractivity contribution in [3.8, 4) is 0 Å². The molecule has 0 spiro atoms. The van der Waals surface area contributed by atoms with Gasteiger partial charge in [-0.05, 0) is 54.8 Å². The maximum absolute atomic E-state index is 13.5. The Labute approximate surface area is 216 Å². The molecular formula is C30H32FN5O. The topological polar surface area (TPSA) is 44.6 Å². The van der Waals surface area contributed by atoms with Crippen LogP contribution in [-0.2, 0) is 11.3 Å². The third-order valence-corrected chi connectivity index (χ3v) is 7.73. The molecule has 0 bridgehead atoms. The lowest BCUT2D eigenvalue weighted by Gasteiger charge is -2.39. The normalized spacial score (nSPS) is 16.9. The molecule has 0 aliphatic carbocycles. The van der Waals surface area contributed by atoms with Gasteiger partial charge in [0.25, 0.3) is 0 Å². The number of hydrogen-bond acceptors (Lipinski definition) is 4. The Hall–Kier alpha value is -3.87. The van der Waals surface area contributed by atoms with Crippen molar-refractivity contribution < 1.29 is 9.18 Å². The third-order valence-electron chi connectivity index (χ3n) is 7.73. The molecule has 0 saturated carbocycles. The number of piperidine rings is 1. The molecule has 2 aliphatic rings. The fourth-order valence-corrected chi connectivity index (χ4v) is 5.64. The second-order valence-corrected chi connectivity index (χ2v) is 10.0. The first-order valence-corrected chi connectivity index (χ1v) is 13.2. The Bertz CT molecular complexity index is 1350. The van der Waals surface area contributed by atoms with Gasteiger partial charge in [0.05, 0.1) is 17.6 Å². The molecule has 3 heterocycles. The van der Waals surface area contributed by atoms with E-state index in [1.165, 1.54) is 17.8 Å². The molecule has 6 nitrogen and oxygen atoms in total. The van der Waals surface area contributed by atoms with Crippen LogP contribution >= 0.6 is 0 Å². The van der Waals surface area contributed by atoms with Crippen molar-refractivity contribution in [1.29, 1.82) is 0 Å². The summed E-state index contributed by atoms with van der Waals surface area (Å²) in [5, 5.41) is 0. The van der Waals surface area contributed by atoms with Crippen molar-refractivity contribution in [3.05, 3.63) is 90.2 Å². The average Bonchev–Trinajstić information content (AvgIpc) is 3.33. The van der Waals surface area contributed by atoms with E-state index >= 15 is 0 Å². The number of piperazine rings is 1. The quantitative estimate of drug-likeness (QED) is 0.398. The maximum Gasteiger partial charge on any atom is 0.225 e. The molecular weight excluding hydrogens is 465 g/mol. The molecule has 0 atom stereocenters. The number of anilines is 2. The molecule has 0 radical (unpaired) electrons. The molecule has 2 saturated heterocycles. The highest BCUT2D eigenvalue weighted by molar-refractivity contribution is 5.80. The van der Waals surface area contributed by atoms with E-state index in [1.807, 2.05) is 36.4 Å². The van der Waals surface area contributed by atoms with Crippen molar-refractivity contribution in [2.24, 2.45) is 5.92 Å². The second-order valence-electron chi connectivity index (χ2n) is 10.0. The Morgan fingerprint density at radius 1 is 0.784 bits per heavy atom. The lowest BCUT2D eigenvalue weighted by Crippen LogP contribution is -2.51. The SMILES string of the molecule is O=C(C1CCN(c2nc3ccccc3n2Cc2ccc(F)cc2)CC1)N1CCN(c2ccccc2)CC1. The van der Waals surface area contributed by atoms with Gasteiger partial charge in [0.2, 0.25) is 11.9 Å². The highest BCUT2D eigenvalue weighted by atomic mass is 19.1. The van der Waals surface area contributed by atoms with E-state index in [0.717, 1.165) is 74.7 Å². The Morgan fingerprint density at radius 2 is 1.46 bits per heavy atom. The van der Waals surface area contributed by atoms with E-state index < -0.39 is 0 Å². The molecule has 0 N–H and O–H groups in total. The van der Waals surface area contributed by atoms with Crippen LogP contribution in [0.4, 0.5) is 16.0 Å². The molecule has 190 valence electrons. The predicted octanol–water partition coefficient (Wildman–Crippen LogP) is 4.79. The van der Waals surface area contributed by atoms with Crippen LogP contribution < -0.4 is 9.80 Å². The van der Waals surface area contributed by atoms with E-state index in [4.69, 9.17) is 4.98 Å². The summed E-state index contributed by atoms with van der Waals surface area (Å²) in [6, 6.07) is 25.2. The summed E-state index contributed by atoms with van der Waals surface area (Å²) >= 11 is 0. The largest absolute Gasteiger partial charge is 0.368 e. The summed E-state index contributed by atoms with van der Waals surface area (Å²) in [5.74, 6) is 1.06. The number of carbonyl (C=O) groups is 1. The first-order valence-electron chi connectivity index (χ1n) is 13.2. The van der Waals surface area contributed by atoms with E-state index in [0.29, 0.717) is 12.5 Å². The van der Waals surface area contributed by atoms with Crippen molar-refractivity contribution in [2.45, 2.75) is 19.4 Å². The number of imidazole rings is 1. The van der Waals surface area contributed by atoms with Crippen molar-refractivity contribution in [2.75, 3.05) is 49.1 Å². The van der Waals surface area contributed by atoms with Crippen molar-refractivity contribution in [1.82, 2.24) is 14.5 Å². The molecule has 1 aromatic heterocycles. The van der Waals surface area contributed by atoms with Crippen LogP contribution in [0.1, 0.15) is 18.4 Å². The van der Waals surface area contributed by atoms with Gasteiger partial charge in [-0.15, -0.1) is 0 Å². The predicted molar refractivity (Wildman–Crippen MR) is 145 cm³/mol. The molecule has 2 aliphatic heterocycles. The minimum atomic E-state index is -0.229. The summed E-state index contributed by atoms with van der Waals surface area (Å²) in [7, 11) is 0. The fraction of sp³-hybridized carbons (Fsp3) is 0.333. The Morgan fingerprint density at radius 3 is 2.19 bits per heavy atom. The van der Waals surface area contributed by atoms with Gasteiger partial charge >= 0.3 is 0 Å². The van der Waals surface area contributed by atoms with Gasteiger partial charge < -0.3 is 19.3 Å². The van der Waals surface area contributed by atoms with Crippen molar-refractivity contribution in [3.63, 3.8) is 0 Å². The van der Waals surface area contributed by atoms with Gasteiger partial charge in [-0.1, -0.05) is 42.5 Å². The fourth-order valence-electron chi connectivity index (χ4n) is 5.64. The molecule has 7 heteroatoms. The van der Waals surface area contributed by atoms with Crippen LogP contribution in [0.5, 0.6) is 0 Å². The molecule has 4 aromatic rings. The highest BCUT2D eigenvalue weighted by Crippen LogP contribution is 2.29. The molecule has 2 fully saturated rings. The molecule has 37 heavy (non-hydrogen) atoms. The van der Waals surface area contributed by atoms with Crippen LogP contribution in [0, 0.1) is 11.7 Å². The van der Waals surface area contributed by atoms with Gasteiger partial charge in [0, 0.05) is 50.9 Å². The van der Waals surface area contributed by atoms with Crippen LogP contribution in [0.3, 0.4) is 0 Å².